The molecule has 0 bridgehead atoms. The Balaban J connectivity index is 1.44. The molecule has 1 aliphatic heterocycles. The van der Waals surface area contributed by atoms with E-state index in [-0.39, 0.29) is 23.4 Å². The number of hydrogen-bond acceptors (Lipinski definition) is 2. The Morgan fingerprint density at radius 3 is 2.42 bits per heavy atom. The van der Waals surface area contributed by atoms with Gasteiger partial charge in [-0.3, -0.25) is 9.59 Å². The zero-order valence-corrected chi connectivity index (χ0v) is 14.2. The van der Waals surface area contributed by atoms with Gasteiger partial charge in [-0.25, -0.2) is 4.39 Å². The first-order chi connectivity index (χ1) is 12.6. The normalized spacial score (nSPS) is 15.3. The minimum atomic E-state index is -0.357. The number of aromatic amines is 1. The SMILES string of the molecule is O=C(c1c[nH]c2ccccc12)C1CCN(C(=O)c2ccc(F)cc2)CC1. The molecule has 0 spiro atoms. The van der Waals surface area contributed by atoms with E-state index in [9.17, 15) is 14.0 Å². The highest BCUT2D eigenvalue weighted by Gasteiger charge is 2.29. The van der Waals surface area contributed by atoms with Crippen LogP contribution in [0.15, 0.2) is 54.7 Å². The number of ketones is 1. The number of aromatic nitrogens is 1. The van der Waals surface area contributed by atoms with E-state index in [0.29, 0.717) is 31.5 Å². The van der Waals surface area contributed by atoms with Crippen LogP contribution in [-0.2, 0) is 0 Å². The van der Waals surface area contributed by atoms with Gasteiger partial charge in [-0.15, -0.1) is 0 Å². The van der Waals surface area contributed by atoms with Crippen molar-refractivity contribution in [2.75, 3.05) is 13.1 Å². The third-order valence-corrected chi connectivity index (χ3v) is 5.10. The number of hydrogen-bond donors (Lipinski definition) is 1. The molecule has 0 unspecified atom stereocenters. The second-order valence-corrected chi connectivity index (χ2v) is 6.69. The maximum atomic E-state index is 13.0. The maximum absolute atomic E-state index is 13.0. The number of Topliss-reactive ketones (excluding diaryl/α,β-unsaturated/α-hetero) is 1. The van der Waals surface area contributed by atoms with Crippen LogP contribution in [0.5, 0.6) is 0 Å². The lowest BCUT2D eigenvalue weighted by Crippen LogP contribution is -2.40. The van der Waals surface area contributed by atoms with Crippen LogP contribution < -0.4 is 0 Å². The Morgan fingerprint density at radius 2 is 1.69 bits per heavy atom. The van der Waals surface area contributed by atoms with Gasteiger partial charge in [0.05, 0.1) is 0 Å². The molecule has 26 heavy (non-hydrogen) atoms. The van der Waals surface area contributed by atoms with Gasteiger partial charge in [-0.1, -0.05) is 18.2 Å². The predicted molar refractivity (Wildman–Crippen MR) is 97.7 cm³/mol. The molecule has 0 aliphatic carbocycles. The highest BCUT2D eigenvalue weighted by molar-refractivity contribution is 6.09. The minimum absolute atomic E-state index is 0.0773. The van der Waals surface area contributed by atoms with Crippen molar-refractivity contribution >= 4 is 22.6 Å². The molecule has 0 radical (unpaired) electrons. The topological polar surface area (TPSA) is 53.2 Å². The quantitative estimate of drug-likeness (QED) is 0.725. The van der Waals surface area contributed by atoms with Crippen molar-refractivity contribution in [1.82, 2.24) is 9.88 Å². The summed E-state index contributed by atoms with van der Waals surface area (Å²) in [6.45, 7) is 1.07. The van der Waals surface area contributed by atoms with Gasteiger partial charge < -0.3 is 9.88 Å². The Bertz CT molecular complexity index is 954. The highest BCUT2D eigenvalue weighted by Crippen LogP contribution is 2.27. The molecule has 3 aromatic rings. The summed E-state index contributed by atoms with van der Waals surface area (Å²) >= 11 is 0. The molecule has 1 fully saturated rings. The molecule has 4 rings (SSSR count). The summed E-state index contributed by atoms with van der Waals surface area (Å²) in [5, 5.41) is 0.947. The number of fused-ring (bicyclic) bond motifs is 1. The van der Waals surface area contributed by atoms with Gasteiger partial charge in [0.25, 0.3) is 5.91 Å². The monoisotopic (exact) mass is 350 g/mol. The number of nitrogens with one attached hydrogen (secondary N) is 1. The summed E-state index contributed by atoms with van der Waals surface area (Å²) in [4.78, 5) is 30.3. The molecular weight excluding hydrogens is 331 g/mol. The Kier molecular flexibility index (Phi) is 4.29. The highest BCUT2D eigenvalue weighted by atomic mass is 19.1. The smallest absolute Gasteiger partial charge is 0.253 e. The van der Waals surface area contributed by atoms with Crippen LogP contribution in [0.4, 0.5) is 4.39 Å². The zero-order valence-electron chi connectivity index (χ0n) is 14.2. The predicted octanol–water partition coefficient (Wildman–Crippen LogP) is 4.04. The van der Waals surface area contributed by atoms with Crippen molar-refractivity contribution in [3.05, 3.63) is 71.7 Å². The summed E-state index contributed by atoms with van der Waals surface area (Å²) in [5.41, 5.74) is 2.16. The number of piperidine rings is 1. The second kappa shape index (κ2) is 6.75. The average molecular weight is 350 g/mol. The summed E-state index contributed by atoms with van der Waals surface area (Å²) < 4.78 is 13.0. The Labute approximate surface area is 150 Å². The van der Waals surface area contributed by atoms with Crippen molar-refractivity contribution in [2.24, 2.45) is 5.92 Å². The van der Waals surface area contributed by atoms with Crippen LogP contribution in [-0.4, -0.2) is 34.7 Å². The summed E-state index contributed by atoms with van der Waals surface area (Å²) in [5.74, 6) is -0.407. The average Bonchev–Trinajstić information content (AvgIpc) is 3.12. The largest absolute Gasteiger partial charge is 0.360 e. The lowest BCUT2D eigenvalue weighted by Gasteiger charge is -2.31. The van der Waals surface area contributed by atoms with Crippen molar-refractivity contribution in [3.8, 4) is 0 Å². The van der Waals surface area contributed by atoms with Crippen LogP contribution >= 0.6 is 0 Å². The molecule has 2 aromatic carbocycles. The van der Waals surface area contributed by atoms with Gasteiger partial charge >= 0.3 is 0 Å². The van der Waals surface area contributed by atoms with E-state index in [4.69, 9.17) is 0 Å². The minimum Gasteiger partial charge on any atom is -0.360 e. The maximum Gasteiger partial charge on any atom is 0.253 e. The third-order valence-electron chi connectivity index (χ3n) is 5.10. The first kappa shape index (κ1) is 16.5. The molecule has 1 aliphatic rings. The molecule has 4 nitrogen and oxygen atoms in total. The number of carbonyl (C=O) groups excluding carboxylic acids is 2. The van der Waals surface area contributed by atoms with Crippen LogP contribution in [0.3, 0.4) is 0 Å². The zero-order chi connectivity index (χ0) is 18.1. The Morgan fingerprint density at radius 1 is 1.00 bits per heavy atom. The van der Waals surface area contributed by atoms with Crippen molar-refractivity contribution in [3.63, 3.8) is 0 Å². The van der Waals surface area contributed by atoms with E-state index >= 15 is 0 Å². The second-order valence-electron chi connectivity index (χ2n) is 6.69. The number of rotatable bonds is 3. The molecule has 1 N–H and O–H groups in total. The summed E-state index contributed by atoms with van der Waals surface area (Å²) in [6.07, 6.45) is 3.07. The number of benzene rings is 2. The van der Waals surface area contributed by atoms with Gasteiger partial charge in [-0.2, -0.15) is 0 Å². The first-order valence-corrected chi connectivity index (χ1v) is 8.78. The molecule has 1 saturated heterocycles. The van der Waals surface area contributed by atoms with Crippen LogP contribution in [0.1, 0.15) is 33.6 Å². The standard InChI is InChI=1S/C21H19FN2O2/c22-16-7-5-15(6-8-16)21(26)24-11-9-14(10-12-24)20(25)18-13-23-19-4-2-1-3-17(18)19/h1-8,13-14,23H,9-12H2. The van der Waals surface area contributed by atoms with E-state index in [0.717, 1.165) is 16.5 Å². The van der Waals surface area contributed by atoms with Gasteiger partial charge in [0, 0.05) is 47.2 Å². The van der Waals surface area contributed by atoms with Gasteiger partial charge in [0.1, 0.15) is 5.82 Å². The molecule has 1 amide bonds. The number of halogens is 1. The summed E-state index contributed by atoms with van der Waals surface area (Å²) in [6, 6.07) is 13.4. The number of likely N-dealkylation sites (tertiary alicyclic amines) is 1. The molecule has 132 valence electrons. The van der Waals surface area contributed by atoms with Gasteiger partial charge in [0.2, 0.25) is 0 Å². The number of amides is 1. The van der Waals surface area contributed by atoms with Crippen molar-refractivity contribution < 1.29 is 14.0 Å². The van der Waals surface area contributed by atoms with E-state index in [1.165, 1.54) is 24.3 Å². The molecule has 2 heterocycles. The van der Waals surface area contributed by atoms with Crippen LogP contribution in [0.25, 0.3) is 10.9 Å². The van der Waals surface area contributed by atoms with Crippen molar-refractivity contribution in [1.29, 1.82) is 0 Å². The van der Waals surface area contributed by atoms with E-state index in [2.05, 4.69) is 4.98 Å². The number of para-hydroxylation sites is 1. The lowest BCUT2D eigenvalue weighted by molar-refractivity contribution is 0.0650. The van der Waals surface area contributed by atoms with Crippen LogP contribution in [0.2, 0.25) is 0 Å². The lowest BCUT2D eigenvalue weighted by atomic mass is 9.88. The number of nitrogens with zero attached hydrogens (tertiary/aromatic N) is 1. The van der Waals surface area contributed by atoms with E-state index < -0.39 is 0 Å². The Hall–Kier alpha value is -2.95. The summed E-state index contributed by atoms with van der Waals surface area (Å²) in [7, 11) is 0. The molecular formula is C21H19FN2O2. The first-order valence-electron chi connectivity index (χ1n) is 8.78. The molecule has 0 saturated carbocycles. The third kappa shape index (κ3) is 3.01. The number of H-pyrrole nitrogens is 1. The van der Waals surface area contributed by atoms with Crippen molar-refractivity contribution in [2.45, 2.75) is 12.8 Å². The molecule has 5 heteroatoms. The van der Waals surface area contributed by atoms with E-state index in [1.807, 2.05) is 24.3 Å². The van der Waals surface area contributed by atoms with E-state index in [1.54, 1.807) is 11.1 Å². The fourth-order valence-electron chi connectivity index (χ4n) is 3.62. The number of carbonyl (C=O) groups is 2. The fourth-order valence-corrected chi connectivity index (χ4v) is 3.62. The molecule has 0 atom stereocenters. The van der Waals surface area contributed by atoms with Gasteiger partial charge in [0.15, 0.2) is 5.78 Å². The fraction of sp³-hybridized carbons (Fsp3) is 0.238. The molecule has 1 aromatic heterocycles. The van der Waals surface area contributed by atoms with Gasteiger partial charge in [-0.05, 0) is 43.2 Å². The van der Waals surface area contributed by atoms with Crippen LogP contribution in [0, 0.1) is 11.7 Å².